The van der Waals surface area contributed by atoms with Crippen molar-refractivity contribution in [2.75, 3.05) is 0 Å². The van der Waals surface area contributed by atoms with E-state index in [2.05, 4.69) is 95.2 Å². The van der Waals surface area contributed by atoms with Gasteiger partial charge in [0.2, 0.25) is 0 Å². The molecule has 0 spiro atoms. The number of benzene rings is 2. The zero-order chi connectivity index (χ0) is 19.2. The molecule has 3 nitrogen and oxygen atoms in total. The predicted molar refractivity (Wildman–Crippen MR) is 108 cm³/mol. The molecule has 0 amide bonds. The number of hydrogen-bond acceptors (Lipinski definition) is 1. The van der Waals surface area contributed by atoms with Crippen LogP contribution in [0.3, 0.4) is 0 Å². The van der Waals surface area contributed by atoms with E-state index < -0.39 is 0 Å². The van der Waals surface area contributed by atoms with Crippen LogP contribution in [0, 0.1) is 41.5 Å². The molecule has 0 atom stereocenters. The van der Waals surface area contributed by atoms with Crippen molar-refractivity contribution in [1.82, 2.24) is 9.90 Å². The smallest absolute Gasteiger partial charge is 0.127 e. The first-order valence-electron chi connectivity index (χ1n) is 9.37. The molecular formula is C23H30N3+. The Labute approximate surface area is 157 Å². The van der Waals surface area contributed by atoms with Gasteiger partial charge in [0, 0.05) is 5.56 Å². The molecule has 0 aliphatic heterocycles. The molecule has 0 saturated carbocycles. The fourth-order valence-corrected chi connectivity index (χ4v) is 4.14. The van der Waals surface area contributed by atoms with Crippen molar-refractivity contribution in [1.29, 1.82) is 0 Å². The third-order valence-electron chi connectivity index (χ3n) is 4.97. The van der Waals surface area contributed by atoms with Crippen molar-refractivity contribution in [3.8, 4) is 16.9 Å². The van der Waals surface area contributed by atoms with E-state index in [-0.39, 0.29) is 6.04 Å². The third-order valence-corrected chi connectivity index (χ3v) is 4.97. The second-order valence-corrected chi connectivity index (χ2v) is 7.91. The van der Waals surface area contributed by atoms with Gasteiger partial charge in [-0.05, 0) is 77.6 Å². The van der Waals surface area contributed by atoms with Crippen LogP contribution in [0.5, 0.6) is 0 Å². The molecule has 1 aromatic heterocycles. The molecule has 0 N–H and O–H groups in total. The average Bonchev–Trinajstić information content (AvgIpc) is 2.89. The number of aromatic nitrogens is 3. The van der Waals surface area contributed by atoms with Gasteiger partial charge in [0.25, 0.3) is 0 Å². The van der Waals surface area contributed by atoms with Crippen molar-refractivity contribution in [3.63, 3.8) is 0 Å². The summed E-state index contributed by atoms with van der Waals surface area (Å²) in [5, 5.41) is 4.95. The van der Waals surface area contributed by atoms with Crippen LogP contribution in [0.1, 0.15) is 53.3 Å². The van der Waals surface area contributed by atoms with Crippen molar-refractivity contribution < 1.29 is 4.68 Å². The van der Waals surface area contributed by atoms with Crippen LogP contribution in [0.4, 0.5) is 0 Å². The van der Waals surface area contributed by atoms with Crippen LogP contribution in [0.25, 0.3) is 16.9 Å². The lowest BCUT2D eigenvalue weighted by atomic mass is 9.97. The summed E-state index contributed by atoms with van der Waals surface area (Å²) in [5.41, 5.74) is 11.3. The molecule has 136 valence electrons. The number of nitrogens with zero attached hydrogens (tertiary/aromatic N) is 3. The molecule has 1 heterocycles. The lowest BCUT2D eigenvalue weighted by Crippen LogP contribution is -2.35. The van der Waals surface area contributed by atoms with Crippen molar-refractivity contribution >= 4 is 0 Å². The molecule has 0 aliphatic rings. The fourth-order valence-electron chi connectivity index (χ4n) is 4.14. The molecule has 0 bridgehead atoms. The summed E-state index contributed by atoms with van der Waals surface area (Å²) >= 11 is 0. The topological polar surface area (TPSA) is 21.7 Å². The molecule has 0 unspecified atom stereocenters. The summed E-state index contributed by atoms with van der Waals surface area (Å²) < 4.78 is 4.20. The van der Waals surface area contributed by atoms with E-state index in [1.165, 1.54) is 50.3 Å². The first-order valence-corrected chi connectivity index (χ1v) is 9.37. The minimum atomic E-state index is 0.289. The summed E-state index contributed by atoms with van der Waals surface area (Å²) in [6, 6.07) is 9.26. The maximum atomic E-state index is 4.95. The van der Waals surface area contributed by atoms with Crippen molar-refractivity contribution in [2.45, 2.75) is 61.4 Å². The van der Waals surface area contributed by atoms with Gasteiger partial charge in [-0.2, -0.15) is 0 Å². The van der Waals surface area contributed by atoms with Crippen LogP contribution >= 0.6 is 0 Å². The Morgan fingerprint density at radius 2 is 1.23 bits per heavy atom. The van der Waals surface area contributed by atoms with E-state index in [0.717, 1.165) is 0 Å². The number of aryl methyl sites for hydroxylation is 6. The van der Waals surface area contributed by atoms with Gasteiger partial charge in [0.15, 0.2) is 17.6 Å². The number of hydrogen-bond donors (Lipinski definition) is 0. The van der Waals surface area contributed by atoms with Crippen LogP contribution in [-0.2, 0) is 0 Å². The van der Waals surface area contributed by atoms with E-state index in [0.29, 0.717) is 0 Å². The number of rotatable bonds is 3. The summed E-state index contributed by atoms with van der Waals surface area (Å²) in [7, 11) is 0. The quantitative estimate of drug-likeness (QED) is 0.592. The largest absolute Gasteiger partial charge is 0.199 e. The molecule has 0 fully saturated rings. The summed E-state index contributed by atoms with van der Waals surface area (Å²) in [4.78, 5) is 0. The molecular weight excluding hydrogens is 318 g/mol. The Bertz CT molecular complexity index is 931. The van der Waals surface area contributed by atoms with Gasteiger partial charge in [0.1, 0.15) is 6.04 Å². The maximum absolute atomic E-state index is 4.95. The maximum Gasteiger partial charge on any atom is 0.199 e. The first kappa shape index (κ1) is 18.4. The summed E-state index contributed by atoms with van der Waals surface area (Å²) in [6.07, 6.45) is 2.19. The van der Waals surface area contributed by atoms with Gasteiger partial charge in [-0.25, -0.2) is 0 Å². The van der Waals surface area contributed by atoms with E-state index >= 15 is 0 Å². The SMILES string of the molecule is Cc1cc(C)c(-c2c[n+](-c3c(C)cc(C)cc3C)nn2C(C)C)c(C)c1. The second-order valence-electron chi connectivity index (χ2n) is 7.91. The average molecular weight is 349 g/mol. The lowest BCUT2D eigenvalue weighted by Gasteiger charge is -2.10. The molecule has 0 radical (unpaired) electrons. The highest BCUT2D eigenvalue weighted by atomic mass is 15.5. The van der Waals surface area contributed by atoms with Gasteiger partial charge in [-0.1, -0.05) is 35.4 Å². The first-order chi connectivity index (χ1) is 12.2. The zero-order valence-corrected chi connectivity index (χ0v) is 17.3. The highest BCUT2D eigenvalue weighted by Gasteiger charge is 2.25. The van der Waals surface area contributed by atoms with Crippen molar-refractivity contribution in [2.24, 2.45) is 0 Å². The normalized spacial score (nSPS) is 11.4. The summed E-state index contributed by atoms with van der Waals surface area (Å²) in [6.45, 7) is 17.4. The van der Waals surface area contributed by atoms with E-state index in [4.69, 9.17) is 5.21 Å². The second kappa shape index (κ2) is 6.71. The van der Waals surface area contributed by atoms with Crippen LogP contribution < -0.4 is 4.68 Å². The fraction of sp³-hybridized carbons (Fsp3) is 0.391. The van der Waals surface area contributed by atoms with Gasteiger partial charge in [-0.3, -0.25) is 0 Å². The van der Waals surface area contributed by atoms with Gasteiger partial charge in [0.05, 0.1) is 5.21 Å². The van der Waals surface area contributed by atoms with Gasteiger partial charge >= 0.3 is 0 Å². The van der Waals surface area contributed by atoms with E-state index in [9.17, 15) is 0 Å². The van der Waals surface area contributed by atoms with E-state index in [1.807, 2.05) is 0 Å². The Balaban J connectivity index is 2.28. The molecule has 3 rings (SSSR count). The molecule has 3 aromatic rings. The minimum absolute atomic E-state index is 0.289. The third kappa shape index (κ3) is 3.18. The Hall–Kier alpha value is -2.42. The molecule has 0 aliphatic carbocycles. The minimum Gasteiger partial charge on any atom is -0.127 e. The highest BCUT2D eigenvalue weighted by Crippen LogP contribution is 2.29. The molecule has 26 heavy (non-hydrogen) atoms. The van der Waals surface area contributed by atoms with Crippen LogP contribution in [-0.4, -0.2) is 9.90 Å². The highest BCUT2D eigenvalue weighted by molar-refractivity contribution is 5.67. The van der Waals surface area contributed by atoms with E-state index in [1.54, 1.807) is 0 Å². The molecule has 0 saturated heterocycles. The Morgan fingerprint density at radius 1 is 0.769 bits per heavy atom. The van der Waals surface area contributed by atoms with Gasteiger partial charge < -0.3 is 0 Å². The Morgan fingerprint density at radius 3 is 1.69 bits per heavy atom. The monoisotopic (exact) mass is 348 g/mol. The molecule has 2 aromatic carbocycles. The van der Waals surface area contributed by atoms with Gasteiger partial charge in [-0.15, -0.1) is 9.36 Å². The predicted octanol–water partition coefficient (Wildman–Crippen LogP) is 5.26. The lowest BCUT2D eigenvalue weighted by molar-refractivity contribution is -0.662. The Kier molecular flexibility index (Phi) is 4.74. The molecule has 3 heteroatoms. The summed E-state index contributed by atoms with van der Waals surface area (Å²) in [5.74, 6) is 0. The standard InChI is InChI=1S/C23H30N3/c1-14(2)26-21(22-17(5)9-15(3)10-18(22)6)13-25(24-26)23-19(7)11-16(4)12-20(23)8/h9-14H,1-8H3/q+1. The zero-order valence-electron chi connectivity index (χ0n) is 17.3. The van der Waals surface area contributed by atoms with Crippen molar-refractivity contribution in [3.05, 3.63) is 63.8 Å². The van der Waals surface area contributed by atoms with Crippen LogP contribution in [0.2, 0.25) is 0 Å². The van der Waals surface area contributed by atoms with Crippen LogP contribution in [0.15, 0.2) is 30.5 Å².